The van der Waals surface area contributed by atoms with Crippen molar-refractivity contribution in [2.24, 2.45) is 0 Å². The van der Waals surface area contributed by atoms with Gasteiger partial charge in [0.25, 0.3) is 0 Å². The van der Waals surface area contributed by atoms with Gasteiger partial charge in [0.05, 0.1) is 7.11 Å². The molecule has 2 aromatic heterocycles. The second-order valence-electron chi connectivity index (χ2n) is 5.50. The number of H-pyrrole nitrogens is 1. The molecule has 28 heavy (non-hydrogen) atoms. The molecule has 0 aliphatic heterocycles. The van der Waals surface area contributed by atoms with Crippen LogP contribution in [0.4, 0.5) is 0 Å². The summed E-state index contributed by atoms with van der Waals surface area (Å²) in [5.74, 6) is 1.76. The number of nitrogens with one attached hydrogen (secondary N) is 3. The fourth-order valence-corrected chi connectivity index (χ4v) is 2.77. The Balaban J connectivity index is 1.84. The highest BCUT2D eigenvalue weighted by Gasteiger charge is 2.17. The van der Waals surface area contributed by atoms with Gasteiger partial charge in [-0.25, -0.2) is 9.97 Å². The first kappa shape index (κ1) is 19.7. The number of ether oxygens (including phenoxy) is 2. The molecule has 0 saturated heterocycles. The predicted octanol–water partition coefficient (Wildman–Crippen LogP) is 4.54. The second kappa shape index (κ2) is 9.25. The largest absolute Gasteiger partial charge is 0.496 e. The van der Waals surface area contributed by atoms with Crippen LogP contribution < -0.4 is 14.8 Å². The number of aromatic amines is 1. The van der Waals surface area contributed by atoms with E-state index in [1.807, 2.05) is 12.1 Å². The molecule has 144 valence electrons. The molecule has 7 nitrogen and oxygen atoms in total. The maximum atomic E-state index is 6.91. The maximum Gasteiger partial charge on any atom is 0.158 e. The van der Waals surface area contributed by atoms with E-state index in [1.54, 1.807) is 43.8 Å². The first-order valence-corrected chi connectivity index (χ1v) is 8.95. The van der Waals surface area contributed by atoms with E-state index in [9.17, 15) is 0 Å². The summed E-state index contributed by atoms with van der Waals surface area (Å²) in [5, 5.41) is 10.6. The number of nitrogens with zero attached hydrogens (tertiary/aromatic N) is 2. The van der Waals surface area contributed by atoms with Gasteiger partial charge in [-0.15, -0.1) is 0 Å². The average molecular weight is 418 g/mol. The smallest absolute Gasteiger partial charge is 0.158 e. The third kappa shape index (κ3) is 4.62. The zero-order chi connectivity index (χ0) is 19.9. The van der Waals surface area contributed by atoms with E-state index in [0.29, 0.717) is 33.3 Å². The zero-order valence-corrected chi connectivity index (χ0v) is 16.4. The molecule has 0 aliphatic carbocycles. The molecule has 9 heteroatoms. The number of allylic oxidation sites excluding steroid dienone is 1. The summed E-state index contributed by atoms with van der Waals surface area (Å²) >= 11 is 12.2. The van der Waals surface area contributed by atoms with Crippen LogP contribution in [0.25, 0.3) is 22.6 Å². The van der Waals surface area contributed by atoms with Gasteiger partial charge in [0, 0.05) is 35.8 Å². The number of imidazole rings is 1. The van der Waals surface area contributed by atoms with Crippen molar-refractivity contribution in [1.29, 1.82) is 5.41 Å². The number of hydrogen-bond donors (Lipinski definition) is 3. The van der Waals surface area contributed by atoms with Gasteiger partial charge in [-0.1, -0.05) is 23.2 Å². The number of hydrogen-bond acceptors (Lipinski definition) is 6. The molecule has 2 heterocycles. The SMILES string of the molecule is COc1cc(OCN/C=C\C=N)ccc1-c1nc(-c2ccc(Cl)nc2)[nH]c1Cl. The van der Waals surface area contributed by atoms with Gasteiger partial charge < -0.3 is 25.2 Å². The fourth-order valence-electron chi connectivity index (χ4n) is 2.43. The van der Waals surface area contributed by atoms with Crippen molar-refractivity contribution in [2.75, 3.05) is 13.8 Å². The van der Waals surface area contributed by atoms with E-state index in [4.69, 9.17) is 38.1 Å². The van der Waals surface area contributed by atoms with Gasteiger partial charge in [0.2, 0.25) is 0 Å². The normalized spacial score (nSPS) is 10.8. The van der Waals surface area contributed by atoms with Crippen LogP contribution in [0.1, 0.15) is 0 Å². The van der Waals surface area contributed by atoms with E-state index in [2.05, 4.69) is 20.3 Å². The molecular weight excluding hydrogens is 401 g/mol. The molecule has 1 aromatic carbocycles. The number of aromatic nitrogens is 3. The van der Waals surface area contributed by atoms with E-state index >= 15 is 0 Å². The molecular formula is C19H17Cl2N5O2. The fraction of sp³-hybridized carbons (Fsp3) is 0.105. The van der Waals surface area contributed by atoms with Crippen LogP contribution in [0.2, 0.25) is 10.3 Å². The van der Waals surface area contributed by atoms with Gasteiger partial charge in [-0.05, 0) is 30.3 Å². The van der Waals surface area contributed by atoms with Crippen molar-refractivity contribution in [1.82, 2.24) is 20.3 Å². The Morgan fingerprint density at radius 3 is 2.82 bits per heavy atom. The Hall–Kier alpha value is -3.03. The van der Waals surface area contributed by atoms with E-state index < -0.39 is 0 Å². The summed E-state index contributed by atoms with van der Waals surface area (Å²) in [5.41, 5.74) is 2.04. The lowest BCUT2D eigenvalue weighted by atomic mass is 10.1. The monoisotopic (exact) mass is 417 g/mol. The van der Waals surface area contributed by atoms with Crippen molar-refractivity contribution >= 4 is 29.4 Å². The van der Waals surface area contributed by atoms with Gasteiger partial charge in [0.15, 0.2) is 6.73 Å². The van der Waals surface area contributed by atoms with Crippen LogP contribution in [0, 0.1) is 5.41 Å². The molecule has 0 radical (unpaired) electrons. The standard InChI is InChI=1S/C19H17Cl2N5O2/c1-27-15-9-13(28-11-23-8-2-7-22)4-5-14(15)17-18(21)26-19(25-17)12-3-6-16(20)24-10-12/h2-10,22-23H,11H2,1H3,(H,25,26)/b8-2-,22-7?. The number of halogens is 2. The molecule has 0 spiro atoms. The number of rotatable bonds is 8. The van der Waals surface area contributed by atoms with Crippen molar-refractivity contribution < 1.29 is 9.47 Å². The van der Waals surface area contributed by atoms with Gasteiger partial charge in [0.1, 0.15) is 33.3 Å². The average Bonchev–Trinajstić information content (AvgIpc) is 3.09. The molecule has 0 aliphatic rings. The highest BCUT2D eigenvalue weighted by molar-refractivity contribution is 6.32. The second-order valence-corrected chi connectivity index (χ2v) is 6.26. The maximum absolute atomic E-state index is 6.91. The Bertz CT molecular complexity index is 986. The van der Waals surface area contributed by atoms with E-state index in [1.165, 1.54) is 6.21 Å². The molecule has 0 atom stereocenters. The van der Waals surface area contributed by atoms with Crippen molar-refractivity contribution in [3.8, 4) is 34.1 Å². The minimum absolute atomic E-state index is 0.254. The van der Waals surface area contributed by atoms with Gasteiger partial charge >= 0.3 is 0 Å². The Labute approximate surface area is 171 Å². The third-order valence-electron chi connectivity index (χ3n) is 3.72. The quantitative estimate of drug-likeness (QED) is 0.216. The van der Waals surface area contributed by atoms with Crippen LogP contribution in [0.5, 0.6) is 11.5 Å². The first-order chi connectivity index (χ1) is 13.6. The van der Waals surface area contributed by atoms with Crippen molar-refractivity contribution in [3.63, 3.8) is 0 Å². The number of methoxy groups -OCH3 is 1. The molecule has 3 aromatic rings. The topological polar surface area (TPSA) is 95.9 Å². The molecule has 3 rings (SSSR count). The summed E-state index contributed by atoms with van der Waals surface area (Å²) in [6.45, 7) is 0.254. The lowest BCUT2D eigenvalue weighted by molar-refractivity contribution is 0.300. The predicted molar refractivity (Wildman–Crippen MR) is 110 cm³/mol. The van der Waals surface area contributed by atoms with Crippen LogP contribution in [0.15, 0.2) is 48.8 Å². The lowest BCUT2D eigenvalue weighted by Gasteiger charge is -2.11. The van der Waals surface area contributed by atoms with Crippen LogP contribution in [-0.4, -0.2) is 35.0 Å². The van der Waals surface area contributed by atoms with Crippen LogP contribution in [-0.2, 0) is 0 Å². The van der Waals surface area contributed by atoms with Crippen LogP contribution >= 0.6 is 23.2 Å². The number of benzene rings is 1. The van der Waals surface area contributed by atoms with E-state index in [-0.39, 0.29) is 6.73 Å². The van der Waals surface area contributed by atoms with Gasteiger partial charge in [-0.2, -0.15) is 0 Å². The zero-order valence-electron chi connectivity index (χ0n) is 14.9. The third-order valence-corrected chi connectivity index (χ3v) is 4.22. The van der Waals surface area contributed by atoms with Crippen molar-refractivity contribution in [2.45, 2.75) is 0 Å². The molecule has 0 amide bonds. The summed E-state index contributed by atoms with van der Waals surface area (Å²) in [4.78, 5) is 11.7. The highest BCUT2D eigenvalue weighted by Crippen LogP contribution is 2.37. The van der Waals surface area contributed by atoms with E-state index in [0.717, 1.165) is 11.1 Å². The minimum atomic E-state index is 0.254. The Morgan fingerprint density at radius 2 is 2.11 bits per heavy atom. The molecule has 0 bridgehead atoms. The van der Waals surface area contributed by atoms with Gasteiger partial charge in [-0.3, -0.25) is 0 Å². The molecule has 3 N–H and O–H groups in total. The highest BCUT2D eigenvalue weighted by atomic mass is 35.5. The lowest BCUT2D eigenvalue weighted by Crippen LogP contribution is -2.13. The Kier molecular flexibility index (Phi) is 6.52. The number of pyridine rings is 1. The molecule has 0 unspecified atom stereocenters. The summed E-state index contributed by atoms with van der Waals surface area (Å²) in [7, 11) is 1.57. The first-order valence-electron chi connectivity index (χ1n) is 8.20. The van der Waals surface area contributed by atoms with Crippen LogP contribution in [0.3, 0.4) is 0 Å². The minimum Gasteiger partial charge on any atom is -0.496 e. The summed E-state index contributed by atoms with van der Waals surface area (Å²) in [6.07, 6.45) is 5.97. The molecule has 0 saturated carbocycles. The van der Waals surface area contributed by atoms with Crippen molar-refractivity contribution in [3.05, 3.63) is 59.1 Å². The Morgan fingerprint density at radius 1 is 1.25 bits per heavy atom. The molecule has 0 fully saturated rings. The summed E-state index contributed by atoms with van der Waals surface area (Å²) < 4.78 is 11.1. The summed E-state index contributed by atoms with van der Waals surface area (Å²) in [6, 6.07) is 8.88.